The second-order valence-electron chi connectivity index (χ2n) is 5.48. The molecule has 0 saturated heterocycles. The Morgan fingerprint density at radius 3 is 1.96 bits per heavy atom. The second-order valence-corrected chi connectivity index (χ2v) is 7.49. The van der Waals surface area contributed by atoms with Gasteiger partial charge in [-0.25, -0.2) is 0 Å². The molecule has 0 radical (unpaired) electrons. The predicted octanol–water partition coefficient (Wildman–Crippen LogP) is 6.57. The normalized spacial score (nSPS) is 11.5. The highest BCUT2D eigenvalue weighted by molar-refractivity contribution is 7.22. The van der Waals surface area contributed by atoms with Crippen molar-refractivity contribution in [3.63, 3.8) is 0 Å². The maximum atomic E-state index is 2.38. The van der Waals surface area contributed by atoms with E-state index in [1.165, 1.54) is 36.6 Å². The number of nitrogens with zero attached hydrogens (tertiary/aromatic N) is 1. The summed E-state index contributed by atoms with van der Waals surface area (Å²) in [6.07, 6.45) is 0. The van der Waals surface area contributed by atoms with Gasteiger partial charge in [-0.15, -0.1) is 22.7 Å². The van der Waals surface area contributed by atoms with Gasteiger partial charge in [0, 0.05) is 20.5 Å². The minimum Gasteiger partial charge on any atom is -0.301 e. The Morgan fingerprint density at radius 1 is 0.609 bits per heavy atom. The maximum absolute atomic E-state index is 2.38. The van der Waals surface area contributed by atoms with Gasteiger partial charge in [-0.2, -0.15) is 0 Å². The molecule has 2 aromatic carbocycles. The first-order valence-corrected chi connectivity index (χ1v) is 9.24. The van der Waals surface area contributed by atoms with E-state index in [1.807, 2.05) is 11.3 Å². The fourth-order valence-corrected chi connectivity index (χ4v) is 5.03. The Bertz CT molecular complexity index is 1060. The molecule has 0 bridgehead atoms. The third-order valence-electron chi connectivity index (χ3n) is 4.16. The van der Waals surface area contributed by atoms with E-state index in [1.54, 1.807) is 11.3 Å². The van der Waals surface area contributed by atoms with Gasteiger partial charge in [-0.3, -0.25) is 0 Å². The fraction of sp³-hybridized carbons (Fsp3) is 0. The van der Waals surface area contributed by atoms with Crippen LogP contribution >= 0.6 is 22.7 Å². The predicted molar refractivity (Wildman–Crippen MR) is 102 cm³/mol. The molecule has 5 rings (SSSR count). The molecule has 0 fully saturated rings. The van der Waals surface area contributed by atoms with Crippen molar-refractivity contribution in [3.05, 3.63) is 78.2 Å². The van der Waals surface area contributed by atoms with Gasteiger partial charge in [0.15, 0.2) is 0 Å². The van der Waals surface area contributed by atoms with Crippen LogP contribution in [0.1, 0.15) is 0 Å². The van der Waals surface area contributed by atoms with Crippen LogP contribution in [0, 0.1) is 0 Å². The molecule has 3 aromatic heterocycles. The van der Waals surface area contributed by atoms with Gasteiger partial charge in [0.2, 0.25) is 0 Å². The van der Waals surface area contributed by atoms with E-state index in [0.717, 1.165) is 0 Å². The lowest BCUT2D eigenvalue weighted by molar-refractivity contribution is 1.22. The summed E-state index contributed by atoms with van der Waals surface area (Å²) in [5.74, 6) is 0. The van der Waals surface area contributed by atoms with Gasteiger partial charge in [0.25, 0.3) is 0 Å². The van der Waals surface area contributed by atoms with Gasteiger partial charge >= 0.3 is 0 Å². The van der Waals surface area contributed by atoms with E-state index >= 15 is 0 Å². The summed E-state index contributed by atoms with van der Waals surface area (Å²) in [5.41, 5.74) is 2.54. The van der Waals surface area contributed by atoms with Crippen LogP contribution in [-0.2, 0) is 0 Å². The average Bonchev–Trinajstić information content (AvgIpc) is 3.32. The molecule has 0 aliphatic carbocycles. The lowest BCUT2D eigenvalue weighted by Gasteiger charge is -2.03. The highest BCUT2D eigenvalue weighted by Crippen LogP contribution is 2.38. The summed E-state index contributed by atoms with van der Waals surface area (Å²) >= 11 is 3.65. The molecule has 1 nitrogen and oxygen atoms in total. The smallest absolute Gasteiger partial charge is 0.101 e. The van der Waals surface area contributed by atoms with Crippen LogP contribution in [0.2, 0.25) is 0 Å². The molecule has 0 amide bonds. The van der Waals surface area contributed by atoms with E-state index < -0.39 is 0 Å². The van der Waals surface area contributed by atoms with Crippen LogP contribution in [0.15, 0.2) is 78.2 Å². The zero-order chi connectivity index (χ0) is 15.2. The summed E-state index contributed by atoms with van der Waals surface area (Å²) < 4.78 is 2.38. The first-order valence-electron chi connectivity index (χ1n) is 7.54. The quantitative estimate of drug-likeness (QED) is 0.344. The van der Waals surface area contributed by atoms with Crippen molar-refractivity contribution in [1.29, 1.82) is 0 Å². The highest BCUT2D eigenvalue weighted by Gasteiger charge is 2.13. The molecule has 3 heterocycles. The van der Waals surface area contributed by atoms with Gasteiger partial charge < -0.3 is 4.57 Å². The van der Waals surface area contributed by atoms with Crippen LogP contribution in [-0.4, -0.2) is 4.57 Å². The molecule has 0 N–H and O–H groups in total. The molecule has 0 saturated carbocycles. The standard InChI is InChI=1S/C20H13NS2/c1-3-8-16-14(6-1)15-7-2-4-9-17(15)21(16)20-12-11-19(23-20)18-10-5-13-22-18/h1-13H. The monoisotopic (exact) mass is 331 g/mol. The van der Waals surface area contributed by atoms with Gasteiger partial charge in [0.05, 0.1) is 11.0 Å². The van der Waals surface area contributed by atoms with Crippen molar-refractivity contribution in [2.75, 3.05) is 0 Å². The van der Waals surface area contributed by atoms with Gasteiger partial charge in [-0.1, -0.05) is 42.5 Å². The number of thiophene rings is 2. The van der Waals surface area contributed by atoms with Crippen molar-refractivity contribution in [3.8, 4) is 14.8 Å². The van der Waals surface area contributed by atoms with Crippen molar-refractivity contribution in [2.45, 2.75) is 0 Å². The SMILES string of the molecule is c1csc(-c2ccc(-n3c4ccccc4c4ccccc43)s2)c1. The summed E-state index contributed by atoms with van der Waals surface area (Å²) in [6.45, 7) is 0. The molecule has 0 unspecified atom stereocenters. The first-order chi connectivity index (χ1) is 11.4. The Morgan fingerprint density at radius 2 is 1.30 bits per heavy atom. The molecule has 0 atom stereocenters. The number of benzene rings is 2. The molecule has 5 aromatic rings. The summed E-state index contributed by atoms with van der Waals surface area (Å²) in [4.78, 5) is 2.67. The molecule has 3 heteroatoms. The van der Waals surface area contributed by atoms with Crippen LogP contribution in [0.25, 0.3) is 36.6 Å². The molecule has 23 heavy (non-hydrogen) atoms. The molecular weight excluding hydrogens is 318 g/mol. The largest absolute Gasteiger partial charge is 0.301 e. The molecule has 0 spiro atoms. The average molecular weight is 331 g/mol. The lowest BCUT2D eigenvalue weighted by Crippen LogP contribution is -1.89. The molecule has 0 aliphatic rings. The minimum atomic E-state index is 1.27. The second kappa shape index (κ2) is 5.08. The number of hydrogen-bond acceptors (Lipinski definition) is 2. The Hall–Kier alpha value is -2.36. The third kappa shape index (κ3) is 1.97. The number of hydrogen-bond donors (Lipinski definition) is 0. The van der Waals surface area contributed by atoms with Gasteiger partial charge in [-0.05, 0) is 35.7 Å². The number of rotatable bonds is 2. The molecule has 110 valence electrons. The number of fused-ring (bicyclic) bond motifs is 3. The third-order valence-corrected chi connectivity index (χ3v) is 6.29. The summed E-state index contributed by atoms with van der Waals surface area (Å²) in [7, 11) is 0. The van der Waals surface area contributed by atoms with Crippen molar-refractivity contribution in [2.24, 2.45) is 0 Å². The van der Waals surface area contributed by atoms with Crippen LogP contribution in [0.5, 0.6) is 0 Å². The highest BCUT2D eigenvalue weighted by atomic mass is 32.1. The Kier molecular flexibility index (Phi) is 2.90. The van der Waals surface area contributed by atoms with E-state index in [4.69, 9.17) is 0 Å². The van der Waals surface area contributed by atoms with Crippen LogP contribution < -0.4 is 0 Å². The molecule has 0 aliphatic heterocycles. The topological polar surface area (TPSA) is 4.93 Å². The van der Waals surface area contributed by atoms with Crippen molar-refractivity contribution in [1.82, 2.24) is 4.57 Å². The molecular formula is C20H13NS2. The van der Waals surface area contributed by atoms with Crippen molar-refractivity contribution < 1.29 is 0 Å². The van der Waals surface area contributed by atoms with Gasteiger partial charge in [0.1, 0.15) is 5.00 Å². The van der Waals surface area contributed by atoms with E-state index in [-0.39, 0.29) is 0 Å². The summed E-state index contributed by atoms with van der Waals surface area (Å²) in [5, 5.41) is 6.03. The minimum absolute atomic E-state index is 1.27. The van der Waals surface area contributed by atoms with E-state index in [0.29, 0.717) is 0 Å². The van der Waals surface area contributed by atoms with Crippen LogP contribution in [0.3, 0.4) is 0 Å². The number of para-hydroxylation sites is 2. The van der Waals surface area contributed by atoms with Crippen LogP contribution in [0.4, 0.5) is 0 Å². The fourth-order valence-electron chi connectivity index (χ4n) is 3.16. The Labute approximate surface area is 142 Å². The van der Waals surface area contributed by atoms with E-state index in [2.05, 4.69) is 82.7 Å². The maximum Gasteiger partial charge on any atom is 0.101 e. The zero-order valence-corrected chi connectivity index (χ0v) is 13.9. The Balaban J connectivity index is 1.82. The van der Waals surface area contributed by atoms with E-state index in [9.17, 15) is 0 Å². The summed E-state index contributed by atoms with van der Waals surface area (Å²) in [6, 6.07) is 26.1. The zero-order valence-electron chi connectivity index (χ0n) is 12.3. The van der Waals surface area contributed by atoms with Crippen molar-refractivity contribution >= 4 is 44.5 Å². The number of aromatic nitrogens is 1. The first kappa shape index (κ1) is 13.1. The lowest BCUT2D eigenvalue weighted by atomic mass is 10.2.